The fourth-order valence-corrected chi connectivity index (χ4v) is 3.86. The van der Waals surface area contributed by atoms with Crippen molar-refractivity contribution in [2.24, 2.45) is 5.92 Å². The zero-order valence-corrected chi connectivity index (χ0v) is 14.6. The molecule has 0 spiro atoms. The van der Waals surface area contributed by atoms with Gasteiger partial charge >= 0.3 is 0 Å². The highest BCUT2D eigenvalue weighted by atomic mass is 32.1. The van der Waals surface area contributed by atoms with Gasteiger partial charge in [0.25, 0.3) is 5.92 Å². The van der Waals surface area contributed by atoms with Crippen LogP contribution in [0.2, 0.25) is 0 Å². The average molecular weight is 388 g/mol. The van der Waals surface area contributed by atoms with Gasteiger partial charge in [-0.1, -0.05) is 0 Å². The number of carbonyl (C=O) groups excluding carboxylic acids is 1. The minimum absolute atomic E-state index is 0.284. The van der Waals surface area contributed by atoms with Crippen LogP contribution in [0.15, 0.2) is 11.6 Å². The standard InChI is InChI=1S/C16H16F4N4OS/c1-8-12(9-5-15(17,18)6-9)23-24(14-21-2-3-26-14)13(8)22-11(25)4-10-7-16(10,19)20/h2-3,9-10H,4-7H2,1H3,(H,22,25). The number of nitrogens with zero attached hydrogens (tertiary/aromatic N) is 3. The molecule has 5 nitrogen and oxygen atoms in total. The first-order valence-electron chi connectivity index (χ1n) is 8.21. The van der Waals surface area contributed by atoms with Gasteiger partial charge in [-0.05, 0) is 6.92 Å². The van der Waals surface area contributed by atoms with E-state index in [0.717, 1.165) is 0 Å². The monoisotopic (exact) mass is 388 g/mol. The summed E-state index contributed by atoms with van der Waals surface area (Å²) in [6.45, 7) is 1.68. The predicted molar refractivity (Wildman–Crippen MR) is 87.2 cm³/mol. The van der Waals surface area contributed by atoms with Crippen molar-refractivity contribution in [1.82, 2.24) is 14.8 Å². The number of amides is 1. The molecule has 0 saturated heterocycles. The number of nitrogens with one attached hydrogen (secondary N) is 1. The molecule has 2 heterocycles. The lowest BCUT2D eigenvalue weighted by atomic mass is 9.78. The van der Waals surface area contributed by atoms with Crippen LogP contribution in [0.5, 0.6) is 0 Å². The summed E-state index contributed by atoms with van der Waals surface area (Å²) in [6.07, 6.45) is 0.416. The Morgan fingerprint density at radius 1 is 1.35 bits per heavy atom. The van der Waals surface area contributed by atoms with Crippen molar-refractivity contribution in [3.8, 4) is 5.13 Å². The van der Waals surface area contributed by atoms with Gasteiger partial charge in [-0.15, -0.1) is 11.3 Å². The van der Waals surface area contributed by atoms with Crippen LogP contribution >= 0.6 is 11.3 Å². The van der Waals surface area contributed by atoms with E-state index >= 15 is 0 Å². The molecule has 1 unspecified atom stereocenters. The minimum atomic E-state index is -2.77. The maximum atomic E-state index is 13.2. The summed E-state index contributed by atoms with van der Waals surface area (Å²) in [5.41, 5.74) is 1.05. The van der Waals surface area contributed by atoms with E-state index < -0.39 is 29.6 Å². The lowest BCUT2D eigenvalue weighted by Crippen LogP contribution is -2.34. The second kappa shape index (κ2) is 5.77. The topological polar surface area (TPSA) is 59.8 Å². The SMILES string of the molecule is Cc1c(C2CC(F)(F)C2)nn(-c2nccs2)c1NC(=O)CC1CC1(F)F. The van der Waals surface area contributed by atoms with Crippen molar-refractivity contribution in [1.29, 1.82) is 0 Å². The summed E-state index contributed by atoms with van der Waals surface area (Å²) in [6, 6.07) is 0. The Balaban J connectivity index is 1.60. The maximum absolute atomic E-state index is 13.2. The number of alkyl halides is 4. The van der Waals surface area contributed by atoms with E-state index in [4.69, 9.17) is 0 Å². The van der Waals surface area contributed by atoms with Crippen molar-refractivity contribution >= 4 is 23.1 Å². The van der Waals surface area contributed by atoms with Crippen LogP contribution in [0.25, 0.3) is 5.13 Å². The highest BCUT2D eigenvalue weighted by molar-refractivity contribution is 7.12. The van der Waals surface area contributed by atoms with Gasteiger partial charge in [0.1, 0.15) is 5.82 Å². The van der Waals surface area contributed by atoms with Crippen LogP contribution in [0.4, 0.5) is 23.4 Å². The van der Waals surface area contributed by atoms with Gasteiger partial charge in [0, 0.05) is 54.7 Å². The van der Waals surface area contributed by atoms with Crippen LogP contribution in [-0.2, 0) is 4.79 Å². The molecule has 1 N–H and O–H groups in total. The third-order valence-corrected chi connectivity index (χ3v) is 5.63. The normalized spacial score (nSPS) is 23.5. The molecule has 2 aliphatic carbocycles. The van der Waals surface area contributed by atoms with Gasteiger partial charge < -0.3 is 5.32 Å². The molecule has 2 aromatic heterocycles. The van der Waals surface area contributed by atoms with E-state index in [9.17, 15) is 22.4 Å². The van der Waals surface area contributed by atoms with E-state index in [-0.39, 0.29) is 25.7 Å². The number of halogens is 4. The quantitative estimate of drug-likeness (QED) is 0.784. The molecular weight excluding hydrogens is 372 g/mol. The molecule has 2 saturated carbocycles. The molecule has 2 aromatic rings. The molecule has 0 radical (unpaired) electrons. The van der Waals surface area contributed by atoms with Crippen LogP contribution < -0.4 is 5.32 Å². The van der Waals surface area contributed by atoms with E-state index in [1.165, 1.54) is 16.0 Å². The lowest BCUT2D eigenvalue weighted by Gasteiger charge is -2.34. The summed E-state index contributed by atoms with van der Waals surface area (Å²) in [4.78, 5) is 16.3. The van der Waals surface area contributed by atoms with Gasteiger partial charge in [0.15, 0.2) is 0 Å². The summed E-state index contributed by atoms with van der Waals surface area (Å²) in [5.74, 6) is -7.04. The molecule has 4 rings (SSSR count). The Hall–Kier alpha value is -1.97. The number of carbonyl (C=O) groups is 1. The maximum Gasteiger partial charge on any atom is 0.252 e. The second-order valence-electron chi connectivity index (χ2n) is 6.96. The van der Waals surface area contributed by atoms with Crippen LogP contribution in [0.1, 0.15) is 42.9 Å². The fraction of sp³-hybridized carbons (Fsp3) is 0.562. The molecular formula is C16H16F4N4OS. The van der Waals surface area contributed by atoms with Crippen LogP contribution in [-0.4, -0.2) is 32.5 Å². The predicted octanol–water partition coefficient (Wildman–Crippen LogP) is 4.13. The van der Waals surface area contributed by atoms with Crippen LogP contribution in [0.3, 0.4) is 0 Å². The van der Waals surface area contributed by atoms with Crippen molar-refractivity contribution in [2.45, 2.75) is 50.4 Å². The minimum Gasteiger partial charge on any atom is -0.310 e. The van der Waals surface area contributed by atoms with E-state index in [2.05, 4.69) is 15.4 Å². The molecule has 2 fully saturated rings. The molecule has 2 aliphatic rings. The molecule has 0 bridgehead atoms. The van der Waals surface area contributed by atoms with E-state index in [1.54, 1.807) is 18.5 Å². The van der Waals surface area contributed by atoms with Crippen molar-refractivity contribution in [3.05, 3.63) is 22.8 Å². The number of hydrogen-bond acceptors (Lipinski definition) is 4. The summed E-state index contributed by atoms with van der Waals surface area (Å²) < 4.78 is 53.9. The second-order valence-corrected chi connectivity index (χ2v) is 7.83. The van der Waals surface area contributed by atoms with Crippen molar-refractivity contribution in [2.75, 3.05) is 5.32 Å². The average Bonchev–Trinajstić information content (AvgIpc) is 2.93. The number of rotatable bonds is 5. The van der Waals surface area contributed by atoms with Gasteiger partial charge in [-0.3, -0.25) is 4.79 Å². The van der Waals surface area contributed by atoms with Gasteiger partial charge in [0.2, 0.25) is 17.0 Å². The first-order chi connectivity index (χ1) is 12.2. The molecule has 140 valence electrons. The van der Waals surface area contributed by atoms with Crippen molar-refractivity contribution < 1.29 is 22.4 Å². The summed E-state index contributed by atoms with van der Waals surface area (Å²) >= 11 is 1.27. The molecule has 1 amide bonds. The number of hydrogen-bond donors (Lipinski definition) is 1. The molecule has 1 atom stereocenters. The highest BCUT2D eigenvalue weighted by Gasteiger charge is 2.57. The zero-order valence-electron chi connectivity index (χ0n) is 13.8. The summed E-state index contributed by atoms with van der Waals surface area (Å²) in [7, 11) is 0. The molecule has 0 aromatic carbocycles. The molecule has 26 heavy (non-hydrogen) atoms. The largest absolute Gasteiger partial charge is 0.310 e. The Bertz CT molecular complexity index is 841. The first-order valence-corrected chi connectivity index (χ1v) is 9.09. The number of thiazole rings is 1. The van der Waals surface area contributed by atoms with E-state index in [0.29, 0.717) is 22.2 Å². The summed E-state index contributed by atoms with van der Waals surface area (Å²) in [5, 5.41) is 9.20. The van der Waals surface area contributed by atoms with Gasteiger partial charge in [-0.25, -0.2) is 22.5 Å². The van der Waals surface area contributed by atoms with E-state index in [1.807, 2.05) is 0 Å². The Kier molecular flexibility index (Phi) is 3.87. The van der Waals surface area contributed by atoms with Crippen LogP contribution in [0, 0.1) is 12.8 Å². The lowest BCUT2D eigenvalue weighted by molar-refractivity contribution is -0.117. The first kappa shape index (κ1) is 17.4. The smallest absolute Gasteiger partial charge is 0.252 e. The third-order valence-electron chi connectivity index (χ3n) is 4.88. The Morgan fingerprint density at radius 3 is 2.58 bits per heavy atom. The fourth-order valence-electron chi connectivity index (χ4n) is 3.26. The molecule has 10 heteroatoms. The van der Waals surface area contributed by atoms with Gasteiger partial charge in [-0.2, -0.15) is 9.78 Å². The number of anilines is 1. The zero-order chi connectivity index (χ0) is 18.7. The Morgan fingerprint density at radius 2 is 2.04 bits per heavy atom. The highest BCUT2D eigenvalue weighted by Crippen LogP contribution is 2.51. The number of aromatic nitrogens is 3. The van der Waals surface area contributed by atoms with Crippen molar-refractivity contribution in [3.63, 3.8) is 0 Å². The Labute approximate surface area is 150 Å². The molecule has 0 aliphatic heterocycles. The third kappa shape index (κ3) is 3.10. The van der Waals surface area contributed by atoms with Gasteiger partial charge in [0.05, 0.1) is 5.69 Å².